The van der Waals surface area contributed by atoms with Crippen LogP contribution in [-0.4, -0.2) is 50.8 Å². The zero-order valence-electron chi connectivity index (χ0n) is 16.7. The van der Waals surface area contributed by atoms with Crippen LogP contribution in [0.5, 0.6) is 0 Å². The molecule has 5 atom stereocenters. The van der Waals surface area contributed by atoms with Crippen LogP contribution in [0.4, 0.5) is 5.69 Å². The monoisotopic (exact) mass is 425 g/mol. The molecule has 1 amide bonds. The Morgan fingerprint density at radius 1 is 1.07 bits per heavy atom. The number of carbonyl (C=O) groups is 1. The molecule has 7 heteroatoms. The van der Waals surface area contributed by atoms with E-state index < -0.39 is 18.2 Å². The number of anilines is 1. The molecule has 0 radical (unpaired) electrons. The molecule has 1 heterocycles. The summed E-state index contributed by atoms with van der Waals surface area (Å²) in [7, 11) is 0. The molecule has 6 nitrogen and oxygen atoms in total. The van der Waals surface area contributed by atoms with Gasteiger partial charge in [-0.3, -0.25) is 9.79 Å². The molecule has 0 spiro atoms. The summed E-state index contributed by atoms with van der Waals surface area (Å²) in [6.45, 7) is 0. The van der Waals surface area contributed by atoms with E-state index in [9.17, 15) is 15.0 Å². The van der Waals surface area contributed by atoms with Crippen molar-refractivity contribution in [2.45, 2.75) is 61.6 Å². The molecule has 4 N–H and O–H groups in total. The van der Waals surface area contributed by atoms with Gasteiger partial charge in [0.1, 0.15) is 6.10 Å². The third-order valence-electron chi connectivity index (χ3n) is 6.56. The molecule has 2 saturated carbocycles. The third kappa shape index (κ3) is 3.70. The van der Waals surface area contributed by atoms with Crippen LogP contribution in [0.3, 0.4) is 0 Å². The Hall–Kier alpha value is -2.09. The SMILES string of the molecule is O=C(NC1CCCC1)[C@H]1C[C@@H](O)[C@H](O)[C@H]2N=C(Nc3cccc4ccccc34)S[C@@H]21. The molecule has 2 fully saturated rings. The van der Waals surface area contributed by atoms with Crippen molar-refractivity contribution in [1.29, 1.82) is 0 Å². The van der Waals surface area contributed by atoms with Gasteiger partial charge in [0.2, 0.25) is 5.91 Å². The summed E-state index contributed by atoms with van der Waals surface area (Å²) < 4.78 is 0. The maximum atomic E-state index is 13.0. The highest BCUT2D eigenvalue weighted by Crippen LogP contribution is 2.42. The Morgan fingerprint density at radius 2 is 1.83 bits per heavy atom. The molecule has 2 aromatic carbocycles. The summed E-state index contributed by atoms with van der Waals surface area (Å²) in [5.74, 6) is -0.383. The van der Waals surface area contributed by atoms with Crippen molar-refractivity contribution >= 4 is 39.3 Å². The number of amidine groups is 1. The van der Waals surface area contributed by atoms with Crippen LogP contribution < -0.4 is 10.6 Å². The second-order valence-corrected chi connectivity index (χ2v) is 9.72. The number of thioether (sulfide) groups is 1. The fourth-order valence-corrected chi connectivity index (χ4v) is 6.31. The summed E-state index contributed by atoms with van der Waals surface area (Å²) in [6, 6.07) is 13.9. The Kier molecular flexibility index (Phi) is 5.43. The largest absolute Gasteiger partial charge is 0.390 e. The molecule has 0 unspecified atom stereocenters. The molecule has 0 saturated heterocycles. The Balaban J connectivity index is 1.36. The van der Waals surface area contributed by atoms with Gasteiger partial charge in [-0.05, 0) is 30.7 Å². The number of benzene rings is 2. The van der Waals surface area contributed by atoms with Gasteiger partial charge in [0, 0.05) is 22.4 Å². The standard InChI is InChI=1S/C23H27N3O3S/c27-18-12-16(22(29)24-14-8-2-3-9-14)21-19(20(18)28)26-23(30-21)25-17-11-5-7-13-6-1-4-10-15(13)17/h1,4-7,10-11,14,16,18-21,27-28H,2-3,8-9,12H2,(H,24,29)(H,25,26)/t16-,18+,19+,20-,21+/m0/s1. The van der Waals surface area contributed by atoms with Crippen LogP contribution >= 0.6 is 11.8 Å². The predicted octanol–water partition coefficient (Wildman–Crippen LogP) is 2.89. The van der Waals surface area contributed by atoms with Gasteiger partial charge in [-0.15, -0.1) is 0 Å². The number of amides is 1. The van der Waals surface area contributed by atoms with Gasteiger partial charge in [-0.25, -0.2) is 0 Å². The quantitative estimate of drug-likeness (QED) is 0.607. The van der Waals surface area contributed by atoms with Crippen LogP contribution in [0, 0.1) is 5.92 Å². The summed E-state index contributed by atoms with van der Waals surface area (Å²) in [4.78, 5) is 17.7. The molecule has 158 valence electrons. The maximum Gasteiger partial charge on any atom is 0.224 e. The van der Waals surface area contributed by atoms with Crippen molar-refractivity contribution in [3.05, 3.63) is 42.5 Å². The maximum absolute atomic E-state index is 13.0. The van der Waals surface area contributed by atoms with E-state index in [1.54, 1.807) is 0 Å². The minimum atomic E-state index is -0.954. The molecule has 5 rings (SSSR count). The summed E-state index contributed by atoms with van der Waals surface area (Å²) in [5, 5.41) is 30.3. The first kappa shape index (κ1) is 19.8. The highest BCUT2D eigenvalue weighted by molar-refractivity contribution is 8.15. The number of hydrogen-bond acceptors (Lipinski definition) is 6. The summed E-state index contributed by atoms with van der Waals surface area (Å²) >= 11 is 1.51. The van der Waals surface area contributed by atoms with Crippen molar-refractivity contribution < 1.29 is 15.0 Å². The van der Waals surface area contributed by atoms with Crippen LogP contribution in [0.2, 0.25) is 0 Å². The number of hydrogen-bond donors (Lipinski definition) is 4. The van der Waals surface area contributed by atoms with Gasteiger partial charge in [0.25, 0.3) is 0 Å². The average Bonchev–Trinajstić information content (AvgIpc) is 3.41. The molecule has 2 aliphatic carbocycles. The van der Waals surface area contributed by atoms with E-state index in [-0.39, 0.29) is 29.5 Å². The molecule has 3 aliphatic rings. The minimum absolute atomic E-state index is 0.0167. The van der Waals surface area contributed by atoms with E-state index >= 15 is 0 Å². The lowest BCUT2D eigenvalue weighted by Crippen LogP contribution is -2.54. The van der Waals surface area contributed by atoms with Gasteiger partial charge >= 0.3 is 0 Å². The molecule has 1 aliphatic heterocycles. The number of aliphatic hydroxyl groups is 2. The molecule has 30 heavy (non-hydrogen) atoms. The normalized spacial score (nSPS) is 31.4. The van der Waals surface area contributed by atoms with Gasteiger partial charge in [0.05, 0.1) is 18.1 Å². The highest BCUT2D eigenvalue weighted by atomic mass is 32.2. The number of aliphatic imine (C=N–C) groups is 1. The van der Waals surface area contributed by atoms with Crippen LogP contribution in [0.15, 0.2) is 47.5 Å². The number of nitrogens with zero attached hydrogens (tertiary/aromatic N) is 1. The van der Waals surface area contributed by atoms with Gasteiger partial charge < -0.3 is 20.8 Å². The first-order valence-corrected chi connectivity index (χ1v) is 11.6. The number of carbonyl (C=O) groups excluding carboxylic acids is 1. The molecular weight excluding hydrogens is 398 g/mol. The zero-order valence-corrected chi connectivity index (χ0v) is 17.5. The lowest BCUT2D eigenvalue weighted by atomic mass is 9.81. The van der Waals surface area contributed by atoms with Gasteiger partial charge in [-0.1, -0.05) is 61.0 Å². The number of aliphatic hydroxyl groups excluding tert-OH is 2. The number of rotatable bonds is 3. The van der Waals surface area contributed by atoms with E-state index in [1.807, 2.05) is 24.3 Å². The third-order valence-corrected chi connectivity index (χ3v) is 7.87. The first-order valence-electron chi connectivity index (χ1n) is 10.8. The zero-order chi connectivity index (χ0) is 20.7. The Morgan fingerprint density at radius 3 is 2.67 bits per heavy atom. The predicted molar refractivity (Wildman–Crippen MR) is 121 cm³/mol. The van der Waals surface area contributed by atoms with Crippen molar-refractivity contribution in [3.8, 4) is 0 Å². The minimum Gasteiger partial charge on any atom is -0.390 e. The number of fused-ring (bicyclic) bond motifs is 2. The second-order valence-electron chi connectivity index (χ2n) is 8.55. The molecule has 2 aromatic rings. The lowest BCUT2D eigenvalue weighted by Gasteiger charge is -2.37. The Labute approximate surface area is 180 Å². The van der Waals surface area contributed by atoms with E-state index in [2.05, 4.69) is 33.8 Å². The van der Waals surface area contributed by atoms with Crippen LogP contribution in [0.1, 0.15) is 32.1 Å². The van der Waals surface area contributed by atoms with E-state index in [1.165, 1.54) is 11.8 Å². The average molecular weight is 426 g/mol. The van der Waals surface area contributed by atoms with Gasteiger partial charge in [-0.2, -0.15) is 0 Å². The number of nitrogens with one attached hydrogen (secondary N) is 2. The Bertz CT molecular complexity index is 970. The van der Waals surface area contributed by atoms with E-state index in [0.717, 1.165) is 42.1 Å². The van der Waals surface area contributed by atoms with Crippen molar-refractivity contribution in [3.63, 3.8) is 0 Å². The smallest absolute Gasteiger partial charge is 0.224 e. The van der Waals surface area contributed by atoms with E-state index in [0.29, 0.717) is 5.17 Å². The fraction of sp³-hybridized carbons (Fsp3) is 0.478. The second kappa shape index (κ2) is 8.21. The molecule has 0 bridgehead atoms. The topological polar surface area (TPSA) is 94.0 Å². The van der Waals surface area contributed by atoms with Crippen molar-refractivity contribution in [2.75, 3.05) is 5.32 Å². The highest BCUT2D eigenvalue weighted by Gasteiger charge is 2.50. The van der Waals surface area contributed by atoms with Crippen LogP contribution in [-0.2, 0) is 4.79 Å². The summed E-state index contributed by atoms with van der Waals surface area (Å²) in [6.07, 6.45) is 2.73. The fourth-order valence-electron chi connectivity index (χ4n) is 4.94. The lowest BCUT2D eigenvalue weighted by molar-refractivity contribution is -0.130. The van der Waals surface area contributed by atoms with Crippen molar-refractivity contribution in [1.82, 2.24) is 5.32 Å². The molecular formula is C23H27N3O3S. The van der Waals surface area contributed by atoms with Crippen molar-refractivity contribution in [2.24, 2.45) is 10.9 Å². The van der Waals surface area contributed by atoms with Crippen LogP contribution in [0.25, 0.3) is 10.8 Å². The summed E-state index contributed by atoms with van der Waals surface area (Å²) in [5.41, 5.74) is 0.944. The van der Waals surface area contributed by atoms with Gasteiger partial charge in [0.15, 0.2) is 5.17 Å². The molecule has 0 aromatic heterocycles. The first-order chi connectivity index (χ1) is 14.6. The van der Waals surface area contributed by atoms with E-state index in [4.69, 9.17) is 0 Å².